The minimum absolute atomic E-state index is 0.0495. The Bertz CT molecular complexity index is 778. The van der Waals surface area contributed by atoms with Gasteiger partial charge in [-0.3, -0.25) is 0 Å². The van der Waals surface area contributed by atoms with Crippen molar-refractivity contribution in [1.82, 2.24) is 0 Å². The van der Waals surface area contributed by atoms with E-state index < -0.39 is 40.6 Å². The van der Waals surface area contributed by atoms with E-state index in [9.17, 15) is 26.7 Å². The number of rotatable bonds is 4. The van der Waals surface area contributed by atoms with Crippen LogP contribution in [0.5, 0.6) is 17.2 Å². The fraction of sp³-hybridized carbons (Fsp3) is 0.133. The first-order valence-electron chi connectivity index (χ1n) is 6.27. The van der Waals surface area contributed by atoms with Crippen LogP contribution < -0.4 is 14.2 Å². The molecule has 9 heteroatoms. The number of benzene rings is 2. The highest BCUT2D eigenvalue weighted by Gasteiger charge is 2.31. The van der Waals surface area contributed by atoms with Crippen molar-refractivity contribution in [3.8, 4) is 17.2 Å². The molecule has 0 amide bonds. The summed E-state index contributed by atoms with van der Waals surface area (Å²) in [6.07, 6.45) is 0. The van der Waals surface area contributed by atoms with Crippen molar-refractivity contribution in [3.63, 3.8) is 0 Å². The van der Waals surface area contributed by atoms with Gasteiger partial charge in [-0.25, -0.2) is 26.7 Å². The smallest absolute Gasteiger partial charge is 0.349 e. The summed E-state index contributed by atoms with van der Waals surface area (Å²) >= 11 is 0. The zero-order chi connectivity index (χ0) is 18.0. The Morgan fingerprint density at radius 2 is 1.33 bits per heavy atom. The molecule has 0 spiro atoms. The van der Waals surface area contributed by atoms with E-state index in [4.69, 9.17) is 9.47 Å². The van der Waals surface area contributed by atoms with Crippen molar-refractivity contribution in [2.75, 3.05) is 14.2 Å². The van der Waals surface area contributed by atoms with Gasteiger partial charge in [0.05, 0.1) is 14.2 Å². The molecular formula is C15H9F5O4. The van der Waals surface area contributed by atoms with Gasteiger partial charge in [0.15, 0.2) is 34.8 Å². The van der Waals surface area contributed by atoms with E-state index >= 15 is 0 Å². The van der Waals surface area contributed by atoms with Gasteiger partial charge in [0.2, 0.25) is 5.82 Å². The van der Waals surface area contributed by atoms with Crippen LogP contribution in [-0.4, -0.2) is 20.2 Å². The van der Waals surface area contributed by atoms with E-state index in [0.29, 0.717) is 5.75 Å². The van der Waals surface area contributed by atoms with Gasteiger partial charge in [-0.15, -0.1) is 0 Å². The van der Waals surface area contributed by atoms with Gasteiger partial charge in [-0.05, 0) is 12.1 Å². The molecule has 0 atom stereocenters. The predicted octanol–water partition coefficient (Wildman–Crippen LogP) is 3.62. The van der Waals surface area contributed by atoms with E-state index in [2.05, 4.69) is 4.74 Å². The lowest BCUT2D eigenvalue weighted by Gasteiger charge is -2.12. The molecule has 2 aromatic rings. The number of ether oxygens (including phenoxy) is 3. The molecule has 0 saturated heterocycles. The summed E-state index contributed by atoms with van der Waals surface area (Å²) in [5.41, 5.74) is -1.70. The van der Waals surface area contributed by atoms with Crippen LogP contribution in [0.3, 0.4) is 0 Å². The highest BCUT2D eigenvalue weighted by molar-refractivity contribution is 5.92. The average molecular weight is 348 g/mol. The van der Waals surface area contributed by atoms with Gasteiger partial charge >= 0.3 is 5.97 Å². The van der Waals surface area contributed by atoms with Crippen LogP contribution in [0, 0.1) is 29.1 Å². The summed E-state index contributed by atoms with van der Waals surface area (Å²) in [5.74, 6) is -13.2. The first kappa shape index (κ1) is 17.5. The average Bonchev–Trinajstić information content (AvgIpc) is 2.58. The second-order valence-corrected chi connectivity index (χ2v) is 4.35. The molecule has 0 aliphatic heterocycles. The molecule has 0 aromatic heterocycles. The number of esters is 1. The molecule has 0 radical (unpaired) electrons. The maximum atomic E-state index is 13.6. The van der Waals surface area contributed by atoms with E-state index in [0.717, 1.165) is 0 Å². The molecule has 0 heterocycles. The van der Waals surface area contributed by atoms with Crippen molar-refractivity contribution in [1.29, 1.82) is 0 Å². The van der Waals surface area contributed by atoms with Crippen molar-refractivity contribution < 1.29 is 41.0 Å². The highest BCUT2D eigenvalue weighted by atomic mass is 19.2. The minimum Gasteiger partial charge on any atom is -0.497 e. The fourth-order valence-electron chi connectivity index (χ4n) is 1.79. The third kappa shape index (κ3) is 2.97. The molecule has 128 valence electrons. The standard InChI is InChI=1S/C15H9F5O4/c1-22-6-3-4-7(8(5-6)23-2)24-15(21)9-10(16)12(18)14(20)13(19)11(9)17/h3-5H,1-2H3. The minimum atomic E-state index is -2.37. The Balaban J connectivity index is 2.45. The zero-order valence-electron chi connectivity index (χ0n) is 12.3. The number of carbonyl (C=O) groups excluding carboxylic acids is 1. The maximum absolute atomic E-state index is 13.6. The maximum Gasteiger partial charge on any atom is 0.349 e. The Kier molecular flexibility index (Phi) is 4.91. The van der Waals surface area contributed by atoms with Crippen molar-refractivity contribution in [3.05, 3.63) is 52.8 Å². The molecule has 0 aliphatic rings. The Hall–Kier alpha value is -2.84. The van der Waals surface area contributed by atoms with Crippen LogP contribution in [0.1, 0.15) is 10.4 Å². The summed E-state index contributed by atoms with van der Waals surface area (Å²) in [5, 5.41) is 0. The van der Waals surface area contributed by atoms with Crippen molar-refractivity contribution in [2.45, 2.75) is 0 Å². The van der Waals surface area contributed by atoms with E-state index in [1.807, 2.05) is 0 Å². The molecule has 0 aliphatic carbocycles. The molecule has 2 aromatic carbocycles. The van der Waals surface area contributed by atoms with Crippen LogP contribution in [0.2, 0.25) is 0 Å². The summed E-state index contributed by atoms with van der Waals surface area (Å²) in [6, 6.07) is 3.80. The van der Waals surface area contributed by atoms with Gasteiger partial charge in [0.25, 0.3) is 0 Å². The highest BCUT2D eigenvalue weighted by Crippen LogP contribution is 2.32. The molecule has 4 nitrogen and oxygen atoms in total. The quantitative estimate of drug-likeness (QED) is 0.278. The van der Waals surface area contributed by atoms with Crippen molar-refractivity contribution in [2.24, 2.45) is 0 Å². The molecular weight excluding hydrogens is 339 g/mol. The van der Waals surface area contributed by atoms with Gasteiger partial charge in [0, 0.05) is 6.07 Å². The van der Waals surface area contributed by atoms with Crippen LogP contribution in [0.25, 0.3) is 0 Å². The second-order valence-electron chi connectivity index (χ2n) is 4.35. The first-order chi connectivity index (χ1) is 11.3. The van der Waals surface area contributed by atoms with Crippen LogP contribution in [-0.2, 0) is 0 Å². The van der Waals surface area contributed by atoms with E-state index in [1.165, 1.54) is 32.4 Å². The molecule has 0 bridgehead atoms. The summed E-state index contributed by atoms with van der Waals surface area (Å²) in [7, 11) is 2.57. The number of methoxy groups -OCH3 is 2. The van der Waals surface area contributed by atoms with Gasteiger partial charge < -0.3 is 14.2 Å². The summed E-state index contributed by atoms with van der Waals surface area (Å²) in [6.45, 7) is 0. The number of halogens is 5. The van der Waals surface area contributed by atoms with Crippen molar-refractivity contribution >= 4 is 5.97 Å². The predicted molar refractivity (Wildman–Crippen MR) is 70.7 cm³/mol. The molecule has 24 heavy (non-hydrogen) atoms. The summed E-state index contributed by atoms with van der Waals surface area (Å²) < 4.78 is 80.9. The number of carbonyl (C=O) groups is 1. The SMILES string of the molecule is COc1ccc(OC(=O)c2c(F)c(F)c(F)c(F)c2F)c(OC)c1. The lowest BCUT2D eigenvalue weighted by atomic mass is 10.1. The third-order valence-corrected chi connectivity index (χ3v) is 2.99. The number of hydrogen-bond acceptors (Lipinski definition) is 4. The fourth-order valence-corrected chi connectivity index (χ4v) is 1.79. The normalized spacial score (nSPS) is 10.5. The number of hydrogen-bond donors (Lipinski definition) is 0. The van der Waals surface area contributed by atoms with Crippen LogP contribution in [0.15, 0.2) is 18.2 Å². The zero-order valence-corrected chi connectivity index (χ0v) is 12.3. The summed E-state index contributed by atoms with van der Waals surface area (Å²) in [4.78, 5) is 11.8. The van der Waals surface area contributed by atoms with E-state index in [-0.39, 0.29) is 11.5 Å². The van der Waals surface area contributed by atoms with Gasteiger partial charge in [-0.2, -0.15) is 0 Å². The van der Waals surface area contributed by atoms with Crippen LogP contribution in [0.4, 0.5) is 22.0 Å². The Morgan fingerprint density at radius 1 is 0.792 bits per heavy atom. The lowest BCUT2D eigenvalue weighted by molar-refractivity contribution is 0.0715. The van der Waals surface area contributed by atoms with Crippen LogP contribution >= 0.6 is 0 Å². The Morgan fingerprint density at radius 3 is 1.83 bits per heavy atom. The Labute approximate surface area is 132 Å². The monoisotopic (exact) mass is 348 g/mol. The van der Waals surface area contributed by atoms with Gasteiger partial charge in [-0.1, -0.05) is 0 Å². The lowest BCUT2D eigenvalue weighted by Crippen LogP contribution is -2.17. The molecule has 0 fully saturated rings. The topological polar surface area (TPSA) is 44.8 Å². The van der Waals surface area contributed by atoms with E-state index in [1.54, 1.807) is 0 Å². The largest absolute Gasteiger partial charge is 0.497 e. The first-order valence-corrected chi connectivity index (χ1v) is 6.27. The third-order valence-electron chi connectivity index (χ3n) is 2.99. The molecule has 0 saturated carbocycles. The van der Waals surface area contributed by atoms with Gasteiger partial charge in [0.1, 0.15) is 11.3 Å². The molecule has 0 unspecified atom stereocenters. The molecule has 2 rings (SSSR count). The second kappa shape index (κ2) is 6.73. The molecule has 0 N–H and O–H groups in total.